The van der Waals surface area contributed by atoms with Gasteiger partial charge in [-0.15, -0.1) is 0 Å². The lowest BCUT2D eigenvalue weighted by atomic mass is 10.0. The topological polar surface area (TPSA) is 62.1 Å². The molecule has 2 aromatic heterocycles. The fraction of sp³-hybridized carbons (Fsp3) is 0.250. The Bertz CT molecular complexity index is 831. The Kier molecular flexibility index (Phi) is 2.60. The zero-order chi connectivity index (χ0) is 14.4. The smallest absolute Gasteiger partial charge is 0.292 e. The minimum Gasteiger partial charge on any atom is -0.358 e. The number of nitrogens with zero attached hydrogens (tertiary/aromatic N) is 2. The van der Waals surface area contributed by atoms with Crippen LogP contribution in [0.2, 0.25) is 0 Å². The van der Waals surface area contributed by atoms with Gasteiger partial charge in [0, 0.05) is 47.7 Å². The SMILES string of the molecule is Cc1cc(C(=O)N2CCc3[nH]c4ccccc4c3C2)on1. The van der Waals surface area contributed by atoms with Gasteiger partial charge in [0.2, 0.25) is 5.76 Å². The van der Waals surface area contributed by atoms with E-state index in [4.69, 9.17) is 4.52 Å². The van der Waals surface area contributed by atoms with Gasteiger partial charge in [-0.2, -0.15) is 0 Å². The third-order valence-electron chi connectivity index (χ3n) is 4.01. The molecule has 1 amide bonds. The van der Waals surface area contributed by atoms with E-state index in [1.54, 1.807) is 6.07 Å². The molecule has 5 heteroatoms. The summed E-state index contributed by atoms with van der Waals surface area (Å²) in [6, 6.07) is 9.89. The van der Waals surface area contributed by atoms with Crippen molar-refractivity contribution < 1.29 is 9.32 Å². The fourth-order valence-corrected chi connectivity index (χ4v) is 2.96. The number of para-hydroxylation sites is 1. The van der Waals surface area contributed by atoms with Crippen molar-refractivity contribution in [2.45, 2.75) is 19.9 Å². The van der Waals surface area contributed by atoms with E-state index in [0.717, 1.165) is 17.6 Å². The van der Waals surface area contributed by atoms with Crippen LogP contribution in [-0.4, -0.2) is 27.5 Å². The van der Waals surface area contributed by atoms with Gasteiger partial charge in [0.1, 0.15) is 0 Å². The molecule has 0 atom stereocenters. The Morgan fingerprint density at radius 3 is 3.05 bits per heavy atom. The van der Waals surface area contributed by atoms with Gasteiger partial charge in [-0.3, -0.25) is 4.79 Å². The second kappa shape index (κ2) is 4.48. The number of rotatable bonds is 1. The van der Waals surface area contributed by atoms with Gasteiger partial charge in [-0.1, -0.05) is 23.4 Å². The molecule has 106 valence electrons. The molecule has 0 fully saturated rings. The molecule has 1 N–H and O–H groups in total. The van der Waals surface area contributed by atoms with Crippen LogP contribution >= 0.6 is 0 Å². The fourth-order valence-electron chi connectivity index (χ4n) is 2.96. The van der Waals surface area contributed by atoms with E-state index >= 15 is 0 Å². The number of aryl methyl sites for hydroxylation is 1. The maximum Gasteiger partial charge on any atom is 0.292 e. The largest absolute Gasteiger partial charge is 0.358 e. The number of nitrogens with one attached hydrogen (secondary N) is 1. The molecule has 1 aromatic carbocycles. The van der Waals surface area contributed by atoms with E-state index in [9.17, 15) is 4.79 Å². The summed E-state index contributed by atoms with van der Waals surface area (Å²) in [7, 11) is 0. The van der Waals surface area contributed by atoms with Crippen molar-refractivity contribution >= 4 is 16.8 Å². The summed E-state index contributed by atoms with van der Waals surface area (Å²) >= 11 is 0. The van der Waals surface area contributed by atoms with Crippen molar-refractivity contribution in [1.82, 2.24) is 15.0 Å². The number of fused-ring (bicyclic) bond motifs is 3. The number of aromatic nitrogens is 2. The van der Waals surface area contributed by atoms with Crippen LogP contribution in [-0.2, 0) is 13.0 Å². The standard InChI is InChI=1S/C16H15N3O2/c1-10-8-15(21-18-10)16(20)19-7-6-14-12(9-19)11-4-2-3-5-13(11)17-14/h2-5,8,17H,6-7,9H2,1H3. The maximum atomic E-state index is 12.5. The van der Waals surface area contributed by atoms with Crippen molar-refractivity contribution in [2.75, 3.05) is 6.54 Å². The lowest BCUT2D eigenvalue weighted by molar-refractivity contribution is 0.0693. The van der Waals surface area contributed by atoms with Crippen molar-refractivity contribution in [3.63, 3.8) is 0 Å². The summed E-state index contributed by atoms with van der Waals surface area (Å²) in [6.45, 7) is 3.12. The van der Waals surface area contributed by atoms with Crippen molar-refractivity contribution in [3.8, 4) is 0 Å². The molecule has 0 unspecified atom stereocenters. The van der Waals surface area contributed by atoms with Gasteiger partial charge < -0.3 is 14.4 Å². The minimum atomic E-state index is -0.0912. The van der Waals surface area contributed by atoms with E-state index < -0.39 is 0 Å². The van der Waals surface area contributed by atoms with E-state index in [1.807, 2.05) is 24.0 Å². The number of amides is 1. The van der Waals surface area contributed by atoms with Crippen molar-refractivity contribution in [1.29, 1.82) is 0 Å². The van der Waals surface area contributed by atoms with Crippen LogP contribution in [0.15, 0.2) is 34.9 Å². The van der Waals surface area contributed by atoms with Crippen molar-refractivity contribution in [3.05, 3.63) is 53.0 Å². The van der Waals surface area contributed by atoms with E-state index in [1.165, 1.54) is 16.6 Å². The molecule has 0 aliphatic carbocycles. The van der Waals surface area contributed by atoms with Crippen LogP contribution in [0.4, 0.5) is 0 Å². The lowest BCUT2D eigenvalue weighted by Crippen LogP contribution is -2.35. The van der Waals surface area contributed by atoms with Crippen LogP contribution in [0, 0.1) is 6.92 Å². The molecule has 0 bridgehead atoms. The number of benzene rings is 1. The summed E-state index contributed by atoms with van der Waals surface area (Å²) in [4.78, 5) is 17.7. The molecular weight excluding hydrogens is 266 g/mol. The first kappa shape index (κ1) is 12.2. The third-order valence-corrected chi connectivity index (χ3v) is 4.01. The molecule has 4 rings (SSSR count). The normalized spacial score (nSPS) is 14.4. The summed E-state index contributed by atoms with van der Waals surface area (Å²) in [5.74, 6) is 0.224. The molecular formula is C16H15N3O2. The summed E-state index contributed by atoms with van der Waals surface area (Å²) in [6.07, 6.45) is 0.836. The van der Waals surface area contributed by atoms with Crippen molar-refractivity contribution in [2.24, 2.45) is 0 Å². The number of carbonyl (C=O) groups excluding carboxylic acids is 1. The average molecular weight is 281 g/mol. The lowest BCUT2D eigenvalue weighted by Gasteiger charge is -2.26. The van der Waals surface area contributed by atoms with Crippen LogP contribution in [0.1, 0.15) is 27.5 Å². The zero-order valence-electron chi connectivity index (χ0n) is 11.7. The number of hydrogen-bond donors (Lipinski definition) is 1. The number of H-pyrrole nitrogens is 1. The van der Waals surface area contributed by atoms with Gasteiger partial charge in [0.25, 0.3) is 5.91 Å². The Morgan fingerprint density at radius 1 is 1.38 bits per heavy atom. The van der Waals surface area contributed by atoms with E-state index in [0.29, 0.717) is 18.8 Å². The minimum absolute atomic E-state index is 0.0912. The van der Waals surface area contributed by atoms with Crippen LogP contribution in [0.25, 0.3) is 10.9 Å². The van der Waals surface area contributed by atoms with E-state index in [-0.39, 0.29) is 5.91 Å². The first-order valence-corrected chi connectivity index (χ1v) is 7.03. The van der Waals surface area contributed by atoms with E-state index in [2.05, 4.69) is 22.3 Å². The molecule has 0 saturated heterocycles. The predicted octanol–water partition coefficient (Wildman–Crippen LogP) is 2.66. The monoisotopic (exact) mass is 281 g/mol. The van der Waals surface area contributed by atoms with Gasteiger partial charge in [0.15, 0.2) is 0 Å². The second-order valence-electron chi connectivity index (χ2n) is 5.44. The third kappa shape index (κ3) is 1.93. The molecule has 3 heterocycles. The number of hydrogen-bond acceptors (Lipinski definition) is 3. The Balaban J connectivity index is 1.68. The maximum absolute atomic E-state index is 12.5. The summed E-state index contributed by atoms with van der Waals surface area (Å²) in [5.41, 5.74) is 4.30. The zero-order valence-corrected chi connectivity index (χ0v) is 11.7. The predicted molar refractivity (Wildman–Crippen MR) is 78.0 cm³/mol. The highest BCUT2D eigenvalue weighted by atomic mass is 16.5. The van der Waals surface area contributed by atoms with Crippen LogP contribution < -0.4 is 0 Å². The molecule has 0 spiro atoms. The Hall–Kier alpha value is -2.56. The molecule has 0 radical (unpaired) electrons. The molecule has 1 aliphatic heterocycles. The highest BCUT2D eigenvalue weighted by Gasteiger charge is 2.26. The highest BCUT2D eigenvalue weighted by molar-refractivity contribution is 5.92. The number of carbonyl (C=O) groups is 1. The van der Waals surface area contributed by atoms with Gasteiger partial charge in [-0.05, 0) is 13.0 Å². The van der Waals surface area contributed by atoms with Gasteiger partial charge in [-0.25, -0.2) is 0 Å². The van der Waals surface area contributed by atoms with Gasteiger partial charge in [0.05, 0.1) is 5.69 Å². The quantitative estimate of drug-likeness (QED) is 0.746. The molecule has 5 nitrogen and oxygen atoms in total. The average Bonchev–Trinajstić information content (AvgIpc) is 3.09. The first-order chi connectivity index (χ1) is 10.2. The van der Waals surface area contributed by atoms with Crippen LogP contribution in [0.5, 0.6) is 0 Å². The number of aromatic amines is 1. The van der Waals surface area contributed by atoms with Gasteiger partial charge >= 0.3 is 0 Å². The molecule has 3 aromatic rings. The summed E-state index contributed by atoms with van der Waals surface area (Å²) in [5, 5.41) is 4.98. The second-order valence-corrected chi connectivity index (χ2v) is 5.44. The van der Waals surface area contributed by atoms with Crippen LogP contribution in [0.3, 0.4) is 0 Å². The first-order valence-electron chi connectivity index (χ1n) is 7.03. The summed E-state index contributed by atoms with van der Waals surface area (Å²) < 4.78 is 5.09. The molecule has 1 aliphatic rings. The Morgan fingerprint density at radius 2 is 2.24 bits per heavy atom. The molecule has 21 heavy (non-hydrogen) atoms. The Labute approximate surface area is 121 Å². The highest BCUT2D eigenvalue weighted by Crippen LogP contribution is 2.28. The molecule has 0 saturated carbocycles.